The Balaban J connectivity index is 2.54. The largest absolute Gasteiger partial charge is 0.477 e. The zero-order valence-corrected chi connectivity index (χ0v) is 12.2. The summed E-state index contributed by atoms with van der Waals surface area (Å²) in [6, 6.07) is 8.24. The molecule has 0 fully saturated rings. The molecule has 1 amide bonds. The first-order valence-electron chi connectivity index (χ1n) is 5.65. The molecule has 0 radical (unpaired) electrons. The van der Waals surface area contributed by atoms with Gasteiger partial charge in [0.15, 0.2) is 0 Å². The number of nitrogens with one attached hydrogen (secondary N) is 1. The Morgan fingerprint density at radius 3 is 2.32 bits per heavy atom. The molecule has 10 heteroatoms. The number of carbonyl (C=O) groups is 2. The molecule has 1 aromatic carbocycles. The van der Waals surface area contributed by atoms with Crippen molar-refractivity contribution in [2.75, 3.05) is 5.32 Å². The number of benzene rings is 1. The lowest BCUT2D eigenvalue weighted by Crippen LogP contribution is -2.30. The van der Waals surface area contributed by atoms with Crippen molar-refractivity contribution in [1.82, 2.24) is 3.96 Å². The van der Waals surface area contributed by atoms with E-state index in [2.05, 4.69) is 0 Å². The number of hydrogen-bond donors (Lipinski definition) is 2. The van der Waals surface area contributed by atoms with Gasteiger partial charge in [-0.1, -0.05) is 30.4 Å². The summed E-state index contributed by atoms with van der Waals surface area (Å²) in [6.45, 7) is 0. The van der Waals surface area contributed by atoms with Gasteiger partial charge in [-0.2, -0.15) is 13.2 Å². The van der Waals surface area contributed by atoms with Gasteiger partial charge in [-0.05, 0) is 23.7 Å². The van der Waals surface area contributed by atoms with Crippen LogP contribution in [-0.4, -0.2) is 27.1 Å². The number of nitrogens with zero attached hydrogens (tertiary/aromatic N) is 1. The van der Waals surface area contributed by atoms with E-state index < -0.39 is 28.6 Å². The van der Waals surface area contributed by atoms with Crippen LogP contribution in [0.1, 0.15) is 10.4 Å². The Morgan fingerprint density at radius 2 is 1.82 bits per heavy atom. The van der Waals surface area contributed by atoms with Gasteiger partial charge in [0.1, 0.15) is 15.2 Å². The minimum atomic E-state index is -5.13. The van der Waals surface area contributed by atoms with E-state index in [1.165, 1.54) is 3.96 Å². The number of alkyl halides is 3. The van der Waals surface area contributed by atoms with E-state index in [1.807, 2.05) is 0 Å². The Bertz CT molecular complexity index is 781. The number of aromatic nitrogens is 1. The number of hydrogen-bond acceptors (Lipinski definition) is 4. The molecule has 0 atom stereocenters. The summed E-state index contributed by atoms with van der Waals surface area (Å²) in [5.74, 6) is -3.78. The molecule has 2 rings (SSSR count). The van der Waals surface area contributed by atoms with Crippen molar-refractivity contribution in [1.29, 1.82) is 0 Å². The van der Waals surface area contributed by atoms with Crippen LogP contribution in [0, 0.1) is 4.64 Å². The fraction of sp³-hybridized carbons (Fsp3) is 0.0833. The molecule has 0 saturated carbocycles. The highest BCUT2D eigenvalue weighted by molar-refractivity contribution is 7.71. The van der Waals surface area contributed by atoms with Crippen molar-refractivity contribution >= 4 is 40.6 Å². The summed E-state index contributed by atoms with van der Waals surface area (Å²) in [7, 11) is 0. The summed E-state index contributed by atoms with van der Waals surface area (Å²) < 4.78 is 38.0. The number of aromatic carboxylic acids is 1. The molecule has 0 aliphatic rings. The van der Waals surface area contributed by atoms with Gasteiger partial charge in [-0.25, -0.2) is 4.79 Å². The van der Waals surface area contributed by atoms with E-state index in [4.69, 9.17) is 17.3 Å². The summed E-state index contributed by atoms with van der Waals surface area (Å²) >= 11 is 5.59. The van der Waals surface area contributed by atoms with Gasteiger partial charge < -0.3 is 10.4 Å². The van der Waals surface area contributed by atoms with Gasteiger partial charge in [0, 0.05) is 0 Å². The predicted molar refractivity (Wildman–Crippen MR) is 76.1 cm³/mol. The van der Waals surface area contributed by atoms with E-state index in [-0.39, 0.29) is 4.64 Å². The number of halogens is 3. The maximum Gasteiger partial charge on any atom is 0.471 e. The average Bonchev–Trinajstić information content (AvgIpc) is 2.75. The number of amides is 1. The second-order valence-corrected chi connectivity index (χ2v) is 5.33. The van der Waals surface area contributed by atoms with Crippen LogP contribution in [0.15, 0.2) is 30.3 Å². The highest BCUT2D eigenvalue weighted by atomic mass is 32.1. The highest BCUT2D eigenvalue weighted by Gasteiger charge is 2.40. The third kappa shape index (κ3) is 3.17. The van der Waals surface area contributed by atoms with Gasteiger partial charge in [0.25, 0.3) is 0 Å². The van der Waals surface area contributed by atoms with E-state index in [0.29, 0.717) is 17.2 Å². The topological polar surface area (TPSA) is 71.3 Å². The third-order valence-corrected chi connectivity index (χ3v) is 4.06. The van der Waals surface area contributed by atoms with Crippen molar-refractivity contribution < 1.29 is 27.9 Å². The van der Waals surface area contributed by atoms with E-state index in [9.17, 15) is 22.8 Å². The summed E-state index contributed by atoms with van der Waals surface area (Å²) in [5.41, 5.74) is -0.0750. The highest BCUT2D eigenvalue weighted by Crippen LogP contribution is 2.30. The third-order valence-electron chi connectivity index (χ3n) is 2.50. The standard InChI is InChI=1S/C12H7F3N2O3S2/c13-12(14,15)11(20)16-8-7(10(18)19)9(21)17(22-8)6-4-2-1-3-5-6/h1-5H,(H,16,20)(H,18,19). The number of carbonyl (C=O) groups excluding carboxylic acids is 1. The fourth-order valence-electron chi connectivity index (χ4n) is 1.56. The van der Waals surface area contributed by atoms with Crippen LogP contribution in [0.25, 0.3) is 5.69 Å². The number of anilines is 1. The van der Waals surface area contributed by atoms with Crippen LogP contribution in [0.3, 0.4) is 0 Å². The lowest BCUT2D eigenvalue weighted by molar-refractivity contribution is -0.167. The molecule has 5 nitrogen and oxygen atoms in total. The quantitative estimate of drug-likeness (QED) is 0.833. The van der Waals surface area contributed by atoms with E-state index >= 15 is 0 Å². The summed E-state index contributed by atoms with van der Waals surface area (Å²) in [4.78, 5) is 22.2. The van der Waals surface area contributed by atoms with Gasteiger partial charge in [-0.15, -0.1) is 0 Å². The van der Waals surface area contributed by atoms with Crippen LogP contribution < -0.4 is 5.32 Å². The maximum atomic E-state index is 12.3. The van der Waals surface area contributed by atoms with Crippen LogP contribution >= 0.6 is 23.8 Å². The molecule has 2 aromatic rings. The summed E-state index contributed by atoms with van der Waals surface area (Å²) in [6.07, 6.45) is -5.13. The molecule has 1 heterocycles. The van der Waals surface area contributed by atoms with E-state index in [0.717, 1.165) is 0 Å². The van der Waals surface area contributed by atoms with Gasteiger partial charge >= 0.3 is 18.1 Å². The molecule has 22 heavy (non-hydrogen) atoms. The molecular formula is C12H7F3N2O3S2. The number of carboxylic acids is 1. The van der Waals surface area contributed by atoms with Gasteiger partial charge in [0.2, 0.25) is 0 Å². The maximum absolute atomic E-state index is 12.3. The predicted octanol–water partition coefficient (Wildman–Crippen LogP) is 3.47. The minimum Gasteiger partial charge on any atom is -0.477 e. The Morgan fingerprint density at radius 1 is 1.23 bits per heavy atom. The molecule has 2 N–H and O–H groups in total. The second kappa shape index (κ2) is 5.89. The lowest BCUT2D eigenvalue weighted by atomic mass is 10.3. The molecule has 0 saturated heterocycles. The zero-order chi connectivity index (χ0) is 16.5. The van der Waals surface area contributed by atoms with Crippen molar-refractivity contribution in [2.45, 2.75) is 6.18 Å². The first kappa shape index (κ1) is 16.2. The zero-order valence-electron chi connectivity index (χ0n) is 10.5. The average molecular weight is 348 g/mol. The first-order chi connectivity index (χ1) is 10.2. The molecule has 0 spiro atoms. The van der Waals surface area contributed by atoms with Crippen molar-refractivity contribution in [3.05, 3.63) is 40.5 Å². The Hall–Kier alpha value is -2.20. The Kier molecular flexibility index (Phi) is 4.33. The van der Waals surface area contributed by atoms with Gasteiger partial charge in [0.05, 0.1) is 5.69 Å². The molecule has 0 unspecified atom stereocenters. The molecule has 0 bridgehead atoms. The molecular weight excluding hydrogens is 341 g/mol. The number of carboxylic acid groups (broad SMARTS) is 1. The van der Waals surface area contributed by atoms with Crippen LogP contribution in [0.5, 0.6) is 0 Å². The molecule has 0 aliphatic carbocycles. The molecule has 116 valence electrons. The number of rotatable bonds is 3. The van der Waals surface area contributed by atoms with Crippen LogP contribution in [-0.2, 0) is 4.79 Å². The van der Waals surface area contributed by atoms with Crippen molar-refractivity contribution in [3.63, 3.8) is 0 Å². The van der Waals surface area contributed by atoms with Crippen LogP contribution in [0.2, 0.25) is 0 Å². The SMILES string of the molecule is O=C(O)c1c(NC(=O)C(F)(F)F)sn(-c2ccccc2)c1=S. The first-order valence-corrected chi connectivity index (χ1v) is 6.83. The molecule has 1 aromatic heterocycles. The van der Waals surface area contributed by atoms with Crippen LogP contribution in [0.4, 0.5) is 18.2 Å². The Labute approximate surface area is 130 Å². The van der Waals surface area contributed by atoms with Gasteiger partial charge in [-0.3, -0.25) is 8.75 Å². The summed E-state index contributed by atoms with van der Waals surface area (Å²) in [5, 5.41) is 10.2. The second-order valence-electron chi connectivity index (χ2n) is 3.99. The fourth-order valence-corrected chi connectivity index (χ4v) is 3.03. The number of para-hydroxylation sites is 1. The smallest absolute Gasteiger partial charge is 0.471 e. The van der Waals surface area contributed by atoms with Crippen molar-refractivity contribution in [3.8, 4) is 5.69 Å². The van der Waals surface area contributed by atoms with E-state index in [1.54, 1.807) is 35.6 Å². The minimum absolute atomic E-state index is 0.193. The monoisotopic (exact) mass is 348 g/mol. The molecule has 0 aliphatic heterocycles. The van der Waals surface area contributed by atoms with Crippen molar-refractivity contribution in [2.24, 2.45) is 0 Å². The normalized spacial score (nSPS) is 11.2. The lowest BCUT2D eigenvalue weighted by Gasteiger charge is -2.06.